The maximum atomic E-state index is 12.7. The molecular weight excluding hydrogens is 733 g/mol. The van der Waals surface area contributed by atoms with Crippen molar-refractivity contribution < 1.29 is 28.6 Å². The lowest BCUT2D eigenvalue weighted by atomic mass is 10.1. The molecule has 1 atom stereocenters. The van der Waals surface area contributed by atoms with E-state index in [4.69, 9.17) is 14.2 Å². The number of carbonyl (C=O) groups excluding carboxylic acids is 3. The van der Waals surface area contributed by atoms with E-state index in [0.29, 0.717) is 19.3 Å². The fourth-order valence-corrected chi connectivity index (χ4v) is 6.26. The molecule has 6 heteroatoms. The van der Waals surface area contributed by atoms with E-state index >= 15 is 0 Å². The third kappa shape index (κ3) is 45.5. The fraction of sp³-hybridized carbons (Fsp3) is 0.679. The van der Waals surface area contributed by atoms with Crippen molar-refractivity contribution in [3.05, 3.63) is 85.1 Å². The summed E-state index contributed by atoms with van der Waals surface area (Å²) < 4.78 is 16.6. The molecule has 0 heterocycles. The molecule has 59 heavy (non-hydrogen) atoms. The summed E-state index contributed by atoms with van der Waals surface area (Å²) in [6.45, 7) is 6.36. The molecule has 0 N–H and O–H groups in total. The van der Waals surface area contributed by atoms with Gasteiger partial charge >= 0.3 is 17.9 Å². The normalized spacial score (nSPS) is 12.8. The number of esters is 3. The standard InChI is InChI=1S/C53H88O6/c1-4-7-10-13-15-17-19-21-23-25-26-28-29-31-33-35-37-40-43-46-52(55)58-49-50(48-57-51(54)45-42-39-12-9-6-3)59-53(56)47-44-41-38-36-34-32-30-27-24-22-20-18-16-14-11-8-5-2/h8,11,15-18,21-24,26,28,30,32,50H,4-7,9-10,12-14,19-20,25,27,29,31,33-49H2,1-3H3/b11-8-,17-15-,18-16-,23-21-,24-22-,28-26-,32-30-. The minimum Gasteiger partial charge on any atom is -0.462 e. The van der Waals surface area contributed by atoms with Crippen LogP contribution in [0.1, 0.15) is 213 Å². The molecule has 1 unspecified atom stereocenters. The summed E-state index contributed by atoms with van der Waals surface area (Å²) in [4.78, 5) is 37.6. The Morgan fingerprint density at radius 1 is 0.356 bits per heavy atom. The third-order valence-electron chi connectivity index (χ3n) is 9.88. The van der Waals surface area contributed by atoms with Crippen LogP contribution in [0.4, 0.5) is 0 Å². The Balaban J connectivity index is 4.28. The van der Waals surface area contributed by atoms with Gasteiger partial charge in [0, 0.05) is 19.3 Å². The summed E-state index contributed by atoms with van der Waals surface area (Å²) in [5.74, 6) is -0.949. The van der Waals surface area contributed by atoms with Gasteiger partial charge in [0.05, 0.1) is 0 Å². The molecule has 0 aliphatic heterocycles. The molecule has 0 fully saturated rings. The Morgan fingerprint density at radius 3 is 1.07 bits per heavy atom. The topological polar surface area (TPSA) is 78.9 Å². The van der Waals surface area contributed by atoms with Crippen LogP contribution in [0.2, 0.25) is 0 Å². The van der Waals surface area contributed by atoms with Crippen molar-refractivity contribution in [2.75, 3.05) is 13.2 Å². The molecule has 0 spiro atoms. The van der Waals surface area contributed by atoms with Gasteiger partial charge in [0.2, 0.25) is 0 Å². The van der Waals surface area contributed by atoms with Gasteiger partial charge < -0.3 is 14.2 Å². The molecule has 6 nitrogen and oxygen atoms in total. The maximum absolute atomic E-state index is 12.7. The van der Waals surface area contributed by atoms with Crippen molar-refractivity contribution in [3.63, 3.8) is 0 Å². The van der Waals surface area contributed by atoms with E-state index in [0.717, 1.165) is 128 Å². The van der Waals surface area contributed by atoms with Crippen molar-refractivity contribution in [2.45, 2.75) is 219 Å². The van der Waals surface area contributed by atoms with Crippen LogP contribution in [0.5, 0.6) is 0 Å². The molecular formula is C53H88O6. The van der Waals surface area contributed by atoms with Crippen LogP contribution in [-0.2, 0) is 28.6 Å². The third-order valence-corrected chi connectivity index (χ3v) is 9.88. The Kier molecular flexibility index (Phi) is 44.5. The lowest BCUT2D eigenvalue weighted by Gasteiger charge is -2.18. The van der Waals surface area contributed by atoms with Gasteiger partial charge in [-0.1, -0.05) is 183 Å². The number of hydrogen-bond acceptors (Lipinski definition) is 6. The molecule has 0 amide bonds. The van der Waals surface area contributed by atoms with Crippen LogP contribution in [0, 0.1) is 0 Å². The summed E-state index contributed by atoms with van der Waals surface area (Å²) in [5.41, 5.74) is 0. The minimum absolute atomic E-state index is 0.0928. The number of ether oxygens (including phenoxy) is 3. The molecule has 0 radical (unpaired) electrons. The maximum Gasteiger partial charge on any atom is 0.306 e. The minimum atomic E-state index is -0.791. The first-order valence-corrected chi connectivity index (χ1v) is 24.1. The summed E-state index contributed by atoms with van der Waals surface area (Å²) in [5, 5.41) is 0. The monoisotopic (exact) mass is 821 g/mol. The van der Waals surface area contributed by atoms with E-state index in [9.17, 15) is 14.4 Å². The lowest BCUT2D eigenvalue weighted by molar-refractivity contribution is -0.167. The van der Waals surface area contributed by atoms with Crippen molar-refractivity contribution in [3.8, 4) is 0 Å². The first-order valence-electron chi connectivity index (χ1n) is 24.1. The van der Waals surface area contributed by atoms with Crippen LogP contribution in [-0.4, -0.2) is 37.2 Å². The zero-order valence-corrected chi connectivity index (χ0v) is 38.2. The quantitative estimate of drug-likeness (QED) is 0.0264. The Hall–Kier alpha value is -3.41. The van der Waals surface area contributed by atoms with Gasteiger partial charge in [-0.15, -0.1) is 0 Å². The number of unbranched alkanes of at least 4 members (excludes halogenated alkanes) is 17. The fourth-order valence-electron chi connectivity index (χ4n) is 6.26. The van der Waals surface area contributed by atoms with Crippen LogP contribution in [0.15, 0.2) is 85.1 Å². The predicted molar refractivity (Wildman–Crippen MR) is 251 cm³/mol. The van der Waals surface area contributed by atoms with Crippen molar-refractivity contribution in [2.24, 2.45) is 0 Å². The highest BCUT2D eigenvalue weighted by Gasteiger charge is 2.19. The van der Waals surface area contributed by atoms with Gasteiger partial charge in [0.15, 0.2) is 6.10 Å². The zero-order chi connectivity index (χ0) is 43.0. The predicted octanol–water partition coefficient (Wildman–Crippen LogP) is 15.6. The summed E-state index contributed by atoms with van der Waals surface area (Å²) >= 11 is 0. The highest BCUT2D eigenvalue weighted by Crippen LogP contribution is 2.12. The van der Waals surface area contributed by atoms with Crippen LogP contribution in [0.3, 0.4) is 0 Å². The SMILES string of the molecule is CC/C=C\C/C=C\C/C=C\C/C=C\CCCCCCC(=O)OC(COC(=O)CCCCCCC)COC(=O)CCCCCCCC/C=C\C/C=C\C/C=C\CCCCC. The van der Waals surface area contributed by atoms with Crippen molar-refractivity contribution >= 4 is 17.9 Å². The summed E-state index contributed by atoms with van der Waals surface area (Å²) in [6, 6.07) is 0. The van der Waals surface area contributed by atoms with E-state index in [-0.39, 0.29) is 31.1 Å². The Bertz CT molecular complexity index is 1170. The van der Waals surface area contributed by atoms with E-state index in [1.807, 2.05) is 0 Å². The highest BCUT2D eigenvalue weighted by atomic mass is 16.6. The van der Waals surface area contributed by atoms with Crippen molar-refractivity contribution in [1.29, 1.82) is 0 Å². The zero-order valence-electron chi connectivity index (χ0n) is 38.2. The van der Waals surface area contributed by atoms with E-state index in [1.54, 1.807) is 0 Å². The molecule has 0 aliphatic carbocycles. The summed E-state index contributed by atoms with van der Waals surface area (Å²) in [7, 11) is 0. The second kappa shape index (κ2) is 47.3. The molecule has 0 aromatic heterocycles. The first kappa shape index (κ1) is 55.6. The second-order valence-electron chi connectivity index (χ2n) is 15.6. The van der Waals surface area contributed by atoms with Gasteiger partial charge in [-0.25, -0.2) is 0 Å². The summed E-state index contributed by atoms with van der Waals surface area (Å²) in [6.07, 6.45) is 60.2. The first-order chi connectivity index (χ1) is 29.0. The molecule has 0 aliphatic rings. The van der Waals surface area contributed by atoms with Crippen LogP contribution in [0.25, 0.3) is 0 Å². The van der Waals surface area contributed by atoms with Gasteiger partial charge in [0.1, 0.15) is 13.2 Å². The average molecular weight is 821 g/mol. The molecule has 0 aromatic carbocycles. The van der Waals surface area contributed by atoms with Crippen LogP contribution >= 0.6 is 0 Å². The molecule has 0 saturated heterocycles. The lowest BCUT2D eigenvalue weighted by Crippen LogP contribution is -2.30. The number of rotatable bonds is 42. The highest BCUT2D eigenvalue weighted by molar-refractivity contribution is 5.71. The van der Waals surface area contributed by atoms with Crippen molar-refractivity contribution in [1.82, 2.24) is 0 Å². The smallest absolute Gasteiger partial charge is 0.306 e. The largest absolute Gasteiger partial charge is 0.462 e. The Morgan fingerprint density at radius 2 is 0.661 bits per heavy atom. The molecule has 336 valence electrons. The Labute approximate surface area is 363 Å². The van der Waals surface area contributed by atoms with Gasteiger partial charge in [-0.3, -0.25) is 14.4 Å². The molecule has 0 saturated carbocycles. The number of carbonyl (C=O) groups is 3. The van der Waals surface area contributed by atoms with Gasteiger partial charge in [-0.2, -0.15) is 0 Å². The number of allylic oxidation sites excluding steroid dienone is 14. The average Bonchev–Trinajstić information content (AvgIpc) is 3.23. The number of hydrogen-bond donors (Lipinski definition) is 0. The molecule has 0 bridgehead atoms. The van der Waals surface area contributed by atoms with Gasteiger partial charge in [0.25, 0.3) is 0 Å². The van der Waals surface area contributed by atoms with Gasteiger partial charge in [-0.05, 0) is 96.3 Å². The van der Waals surface area contributed by atoms with E-state index in [2.05, 4.69) is 106 Å². The van der Waals surface area contributed by atoms with Crippen LogP contribution < -0.4 is 0 Å². The second-order valence-corrected chi connectivity index (χ2v) is 15.6. The van der Waals surface area contributed by atoms with E-state index < -0.39 is 6.10 Å². The van der Waals surface area contributed by atoms with E-state index in [1.165, 1.54) is 44.9 Å². The molecule has 0 rings (SSSR count). The molecule has 0 aromatic rings.